The van der Waals surface area contributed by atoms with Gasteiger partial charge in [0.1, 0.15) is 11.9 Å². The van der Waals surface area contributed by atoms with Crippen molar-refractivity contribution in [3.8, 4) is 0 Å². The highest BCUT2D eigenvalue weighted by atomic mass is 19.1. The molecule has 0 aliphatic heterocycles. The van der Waals surface area contributed by atoms with Crippen molar-refractivity contribution < 1.29 is 9.18 Å². The fraction of sp³-hybridized carbons (Fsp3) is 0.350. The van der Waals surface area contributed by atoms with E-state index in [0.29, 0.717) is 6.54 Å². The number of nitrogens with one attached hydrogen (secondary N) is 2. The maximum atomic E-state index is 12.9. The van der Waals surface area contributed by atoms with Crippen molar-refractivity contribution in [3.63, 3.8) is 0 Å². The molecule has 0 fully saturated rings. The molecule has 3 nitrogen and oxygen atoms in total. The molecule has 1 aliphatic carbocycles. The van der Waals surface area contributed by atoms with E-state index in [4.69, 9.17) is 0 Å². The first kappa shape index (κ1) is 16.5. The standard InChI is InChI=1S/C20H23FN2O/c1-14(20(24)22-13-15-9-11-17(21)12-10-15)23-19-8-4-6-16-5-2-3-7-18(16)19/h4,6,8-12,14,23H,2-3,5,7,13H2,1H3,(H,22,24). The molecule has 0 saturated heterocycles. The smallest absolute Gasteiger partial charge is 0.242 e. The molecule has 1 atom stereocenters. The summed E-state index contributed by atoms with van der Waals surface area (Å²) in [6.45, 7) is 2.26. The molecule has 0 spiro atoms. The Morgan fingerprint density at radius 3 is 2.67 bits per heavy atom. The number of benzene rings is 2. The topological polar surface area (TPSA) is 41.1 Å². The average Bonchev–Trinajstić information content (AvgIpc) is 2.61. The Labute approximate surface area is 142 Å². The molecule has 2 N–H and O–H groups in total. The van der Waals surface area contributed by atoms with Gasteiger partial charge in [-0.05, 0) is 67.5 Å². The van der Waals surface area contributed by atoms with Crippen LogP contribution in [0.3, 0.4) is 0 Å². The Hall–Kier alpha value is -2.36. The lowest BCUT2D eigenvalue weighted by atomic mass is 9.90. The van der Waals surface area contributed by atoms with Crippen LogP contribution in [-0.4, -0.2) is 11.9 Å². The minimum absolute atomic E-state index is 0.0623. The van der Waals surface area contributed by atoms with E-state index < -0.39 is 0 Å². The van der Waals surface area contributed by atoms with Gasteiger partial charge >= 0.3 is 0 Å². The van der Waals surface area contributed by atoms with Crippen LogP contribution in [0.5, 0.6) is 0 Å². The van der Waals surface area contributed by atoms with Crippen LogP contribution in [0.15, 0.2) is 42.5 Å². The summed E-state index contributed by atoms with van der Waals surface area (Å²) < 4.78 is 12.9. The Morgan fingerprint density at radius 1 is 1.12 bits per heavy atom. The molecule has 126 valence electrons. The van der Waals surface area contributed by atoms with Crippen molar-refractivity contribution >= 4 is 11.6 Å². The second-order valence-corrected chi connectivity index (χ2v) is 6.36. The lowest BCUT2D eigenvalue weighted by Crippen LogP contribution is -2.37. The molecule has 0 heterocycles. The molecule has 24 heavy (non-hydrogen) atoms. The highest BCUT2D eigenvalue weighted by molar-refractivity contribution is 5.84. The first-order valence-electron chi connectivity index (χ1n) is 8.53. The molecule has 0 aromatic heterocycles. The molecule has 1 aliphatic rings. The number of rotatable bonds is 5. The summed E-state index contributed by atoms with van der Waals surface area (Å²) in [5, 5.41) is 6.24. The zero-order chi connectivity index (χ0) is 16.9. The van der Waals surface area contributed by atoms with Crippen molar-refractivity contribution in [2.45, 2.75) is 45.2 Å². The minimum Gasteiger partial charge on any atom is -0.374 e. The van der Waals surface area contributed by atoms with Crippen LogP contribution in [0.4, 0.5) is 10.1 Å². The van der Waals surface area contributed by atoms with Gasteiger partial charge in [-0.25, -0.2) is 4.39 Å². The summed E-state index contributed by atoms with van der Waals surface area (Å²) in [4.78, 5) is 12.3. The molecule has 0 saturated carbocycles. The number of fused-ring (bicyclic) bond motifs is 1. The van der Waals surface area contributed by atoms with Crippen LogP contribution in [0.2, 0.25) is 0 Å². The normalized spacial score (nSPS) is 14.6. The van der Waals surface area contributed by atoms with E-state index in [1.54, 1.807) is 12.1 Å². The van der Waals surface area contributed by atoms with Gasteiger partial charge in [-0.15, -0.1) is 0 Å². The molecule has 0 bridgehead atoms. The predicted molar refractivity (Wildman–Crippen MR) is 94.4 cm³/mol. The summed E-state index contributed by atoms with van der Waals surface area (Å²) in [5.41, 5.74) is 4.69. The molecular formula is C20H23FN2O. The van der Waals surface area contributed by atoms with Gasteiger partial charge in [0, 0.05) is 12.2 Å². The highest BCUT2D eigenvalue weighted by Crippen LogP contribution is 2.28. The average molecular weight is 326 g/mol. The third-order valence-corrected chi connectivity index (χ3v) is 4.54. The first-order chi connectivity index (χ1) is 11.6. The van der Waals surface area contributed by atoms with E-state index in [1.165, 1.54) is 36.1 Å². The van der Waals surface area contributed by atoms with E-state index >= 15 is 0 Å². The monoisotopic (exact) mass is 326 g/mol. The molecule has 3 rings (SSSR count). The number of hydrogen-bond acceptors (Lipinski definition) is 2. The number of carbonyl (C=O) groups is 1. The molecule has 1 amide bonds. The van der Waals surface area contributed by atoms with E-state index in [1.807, 2.05) is 13.0 Å². The largest absolute Gasteiger partial charge is 0.374 e. The lowest BCUT2D eigenvalue weighted by molar-refractivity contribution is -0.121. The van der Waals surface area contributed by atoms with Crippen LogP contribution in [0.25, 0.3) is 0 Å². The Bertz CT molecular complexity index is 712. The molecular weight excluding hydrogens is 303 g/mol. The Kier molecular flexibility index (Phi) is 5.14. The third kappa shape index (κ3) is 3.94. The molecule has 0 radical (unpaired) electrons. The second-order valence-electron chi connectivity index (χ2n) is 6.36. The Balaban J connectivity index is 1.59. The SMILES string of the molecule is CC(Nc1cccc2c1CCCC2)C(=O)NCc1ccc(F)cc1. The molecule has 2 aromatic carbocycles. The number of halogens is 1. The number of amides is 1. The second kappa shape index (κ2) is 7.47. The maximum absolute atomic E-state index is 12.9. The predicted octanol–water partition coefficient (Wildman–Crippen LogP) is 3.82. The van der Waals surface area contributed by atoms with Crippen molar-refractivity contribution in [1.82, 2.24) is 5.32 Å². The van der Waals surface area contributed by atoms with Crippen LogP contribution in [0.1, 0.15) is 36.5 Å². The quantitative estimate of drug-likeness (QED) is 0.877. The van der Waals surface area contributed by atoms with Gasteiger partial charge in [0.25, 0.3) is 0 Å². The number of hydrogen-bond donors (Lipinski definition) is 2. The lowest BCUT2D eigenvalue weighted by Gasteiger charge is -2.22. The summed E-state index contributed by atoms with van der Waals surface area (Å²) in [7, 11) is 0. The van der Waals surface area contributed by atoms with E-state index in [0.717, 1.165) is 24.1 Å². The van der Waals surface area contributed by atoms with E-state index in [9.17, 15) is 9.18 Å². The van der Waals surface area contributed by atoms with Gasteiger partial charge in [0.15, 0.2) is 0 Å². The van der Waals surface area contributed by atoms with Crippen molar-refractivity contribution in [3.05, 3.63) is 65.0 Å². The van der Waals surface area contributed by atoms with Crippen LogP contribution in [0, 0.1) is 5.82 Å². The van der Waals surface area contributed by atoms with Crippen LogP contribution < -0.4 is 10.6 Å². The fourth-order valence-corrected chi connectivity index (χ4v) is 3.16. The van der Waals surface area contributed by atoms with Gasteiger partial charge in [0.05, 0.1) is 0 Å². The summed E-state index contributed by atoms with van der Waals surface area (Å²) in [6.07, 6.45) is 4.64. The molecule has 4 heteroatoms. The van der Waals surface area contributed by atoms with Crippen molar-refractivity contribution in [1.29, 1.82) is 0 Å². The number of carbonyl (C=O) groups excluding carboxylic acids is 1. The van der Waals surface area contributed by atoms with E-state index in [2.05, 4.69) is 22.8 Å². The van der Waals surface area contributed by atoms with Gasteiger partial charge in [-0.2, -0.15) is 0 Å². The first-order valence-corrected chi connectivity index (χ1v) is 8.53. The van der Waals surface area contributed by atoms with Gasteiger partial charge in [0.2, 0.25) is 5.91 Å². The summed E-state index contributed by atoms with van der Waals surface area (Å²) >= 11 is 0. The van der Waals surface area contributed by atoms with E-state index in [-0.39, 0.29) is 17.8 Å². The fourth-order valence-electron chi connectivity index (χ4n) is 3.16. The third-order valence-electron chi connectivity index (χ3n) is 4.54. The molecule has 1 unspecified atom stereocenters. The van der Waals surface area contributed by atoms with Crippen molar-refractivity contribution in [2.75, 3.05) is 5.32 Å². The highest BCUT2D eigenvalue weighted by Gasteiger charge is 2.17. The number of anilines is 1. The van der Waals surface area contributed by atoms with Gasteiger partial charge < -0.3 is 10.6 Å². The number of aryl methyl sites for hydroxylation is 1. The van der Waals surface area contributed by atoms with Crippen molar-refractivity contribution in [2.24, 2.45) is 0 Å². The zero-order valence-corrected chi connectivity index (χ0v) is 13.9. The zero-order valence-electron chi connectivity index (χ0n) is 13.9. The minimum atomic E-state index is -0.320. The van der Waals surface area contributed by atoms with Crippen LogP contribution >= 0.6 is 0 Å². The summed E-state index contributed by atoms with van der Waals surface area (Å²) in [5.74, 6) is -0.332. The van der Waals surface area contributed by atoms with Gasteiger partial charge in [-0.1, -0.05) is 24.3 Å². The maximum Gasteiger partial charge on any atom is 0.242 e. The molecule has 2 aromatic rings. The Morgan fingerprint density at radius 2 is 1.88 bits per heavy atom. The summed E-state index contributed by atoms with van der Waals surface area (Å²) in [6, 6.07) is 12.1. The van der Waals surface area contributed by atoms with Gasteiger partial charge in [-0.3, -0.25) is 4.79 Å². The van der Waals surface area contributed by atoms with Crippen LogP contribution in [-0.2, 0) is 24.2 Å².